The van der Waals surface area contributed by atoms with Crippen molar-refractivity contribution >= 4 is 28.6 Å². The van der Waals surface area contributed by atoms with Crippen molar-refractivity contribution in [3.63, 3.8) is 0 Å². The summed E-state index contributed by atoms with van der Waals surface area (Å²) in [6.45, 7) is 0.647. The van der Waals surface area contributed by atoms with Crippen LogP contribution in [0.4, 0.5) is 0 Å². The molecule has 3 aromatic rings. The number of fused-ring (bicyclic) bond motifs is 1. The minimum atomic E-state index is 0.0642. The summed E-state index contributed by atoms with van der Waals surface area (Å²) in [5, 5.41) is 10.1. The molecule has 4 rings (SSSR count). The maximum Gasteiger partial charge on any atom is 0.226 e. The van der Waals surface area contributed by atoms with Gasteiger partial charge in [0.25, 0.3) is 0 Å². The predicted molar refractivity (Wildman–Crippen MR) is 106 cm³/mol. The molecule has 0 bridgehead atoms. The monoisotopic (exact) mass is 402 g/mol. The highest BCUT2D eigenvalue weighted by Gasteiger charge is 2.15. The topological polar surface area (TPSA) is 80.9 Å². The van der Waals surface area contributed by atoms with E-state index in [1.54, 1.807) is 11.3 Å². The van der Waals surface area contributed by atoms with Crippen molar-refractivity contribution in [2.24, 2.45) is 0 Å². The molecule has 0 unspecified atom stereocenters. The first-order chi connectivity index (χ1) is 13.3. The molecule has 0 saturated carbocycles. The number of amides is 1. The van der Waals surface area contributed by atoms with Gasteiger partial charge >= 0.3 is 0 Å². The molecule has 3 aromatic heterocycles. The van der Waals surface area contributed by atoms with Crippen molar-refractivity contribution < 1.29 is 9.32 Å². The second kappa shape index (κ2) is 8.75. The highest BCUT2D eigenvalue weighted by molar-refractivity contribution is 7.13. The number of thiophene rings is 1. The van der Waals surface area contributed by atoms with Gasteiger partial charge in [-0.2, -0.15) is 4.98 Å². The van der Waals surface area contributed by atoms with Gasteiger partial charge in [0.15, 0.2) is 0 Å². The lowest BCUT2D eigenvalue weighted by molar-refractivity contribution is -0.121. The molecule has 0 aliphatic heterocycles. The number of thiazole rings is 1. The van der Waals surface area contributed by atoms with Gasteiger partial charge in [-0.1, -0.05) is 11.2 Å². The summed E-state index contributed by atoms with van der Waals surface area (Å²) in [6, 6.07) is 3.92. The van der Waals surface area contributed by atoms with Crippen LogP contribution in [0, 0.1) is 0 Å². The minimum absolute atomic E-state index is 0.0642. The van der Waals surface area contributed by atoms with Crippen LogP contribution in [0.2, 0.25) is 0 Å². The van der Waals surface area contributed by atoms with Crippen LogP contribution in [0.5, 0.6) is 0 Å². The molecule has 0 radical (unpaired) electrons. The molecule has 0 spiro atoms. The third-order valence-corrected chi connectivity index (χ3v) is 6.64. The second-order valence-corrected chi connectivity index (χ2v) is 8.74. The molecule has 3 heterocycles. The Morgan fingerprint density at radius 3 is 3.00 bits per heavy atom. The number of carbonyl (C=O) groups excluding carboxylic acids is 1. The fraction of sp³-hybridized carbons (Fsp3) is 0.474. The van der Waals surface area contributed by atoms with Crippen molar-refractivity contribution in [1.82, 2.24) is 20.4 Å². The Labute approximate surface area is 166 Å². The largest absolute Gasteiger partial charge is 0.356 e. The molecule has 0 saturated heterocycles. The molecule has 1 N–H and O–H groups in total. The zero-order chi connectivity index (χ0) is 18.5. The summed E-state index contributed by atoms with van der Waals surface area (Å²) in [7, 11) is 0. The van der Waals surface area contributed by atoms with Gasteiger partial charge in [0.05, 0.1) is 15.6 Å². The number of nitrogens with zero attached hydrogens (tertiary/aromatic N) is 3. The van der Waals surface area contributed by atoms with Gasteiger partial charge in [0, 0.05) is 30.7 Å². The van der Waals surface area contributed by atoms with E-state index in [9.17, 15) is 4.79 Å². The quantitative estimate of drug-likeness (QED) is 0.620. The van der Waals surface area contributed by atoms with Gasteiger partial charge in [-0.05, 0) is 43.6 Å². The number of aryl methyl sites for hydroxylation is 3. The third-order valence-electron chi connectivity index (χ3n) is 4.56. The zero-order valence-corrected chi connectivity index (χ0v) is 16.7. The molecule has 8 heteroatoms. The Hall–Kier alpha value is -2.06. The minimum Gasteiger partial charge on any atom is -0.356 e. The molecular formula is C19H22N4O2S2. The van der Waals surface area contributed by atoms with Crippen LogP contribution in [-0.4, -0.2) is 27.6 Å². The number of hydrogen-bond donors (Lipinski definition) is 1. The lowest BCUT2D eigenvalue weighted by Gasteiger charge is -2.06. The molecule has 0 fully saturated rings. The van der Waals surface area contributed by atoms with E-state index in [2.05, 4.69) is 15.5 Å². The van der Waals surface area contributed by atoms with Gasteiger partial charge in [0.1, 0.15) is 0 Å². The molecule has 0 atom stereocenters. The maximum absolute atomic E-state index is 12.0. The van der Waals surface area contributed by atoms with E-state index in [4.69, 9.17) is 9.51 Å². The lowest BCUT2D eigenvalue weighted by atomic mass is 10.0. The molecular weight excluding hydrogens is 380 g/mol. The average Bonchev–Trinajstić information content (AvgIpc) is 3.41. The van der Waals surface area contributed by atoms with Crippen LogP contribution < -0.4 is 5.32 Å². The van der Waals surface area contributed by atoms with E-state index in [1.165, 1.54) is 29.8 Å². The van der Waals surface area contributed by atoms with Crippen LogP contribution in [0.15, 0.2) is 22.0 Å². The van der Waals surface area contributed by atoms with Crippen molar-refractivity contribution in [1.29, 1.82) is 0 Å². The smallest absolute Gasteiger partial charge is 0.226 e. The summed E-state index contributed by atoms with van der Waals surface area (Å²) in [5.41, 5.74) is 1.29. The summed E-state index contributed by atoms with van der Waals surface area (Å²) in [4.78, 5) is 23.5. The zero-order valence-electron chi connectivity index (χ0n) is 15.1. The number of hydrogen-bond acceptors (Lipinski definition) is 7. The molecule has 0 aromatic carbocycles. The molecule has 1 aliphatic carbocycles. The second-order valence-electron chi connectivity index (χ2n) is 6.63. The maximum atomic E-state index is 12.0. The number of nitrogens with one attached hydrogen (secondary N) is 1. The van der Waals surface area contributed by atoms with E-state index in [-0.39, 0.29) is 5.91 Å². The number of aromatic nitrogens is 3. The Kier molecular flexibility index (Phi) is 5.94. The van der Waals surface area contributed by atoms with Crippen LogP contribution in [0.1, 0.15) is 47.2 Å². The van der Waals surface area contributed by atoms with E-state index in [1.807, 2.05) is 28.8 Å². The standard InChI is InChI=1S/C19H22N4O2S2/c24-16(20-11-10-18-21-13-5-1-2-6-14(13)27-18)8-3-9-17-22-19(23-25-17)15-7-4-12-26-15/h4,7,12H,1-3,5-6,8-11H2,(H,20,24). The molecule has 142 valence electrons. The average molecular weight is 403 g/mol. The van der Waals surface area contributed by atoms with Crippen molar-refractivity contribution in [3.05, 3.63) is 39.0 Å². The van der Waals surface area contributed by atoms with Gasteiger partial charge in [-0.3, -0.25) is 4.79 Å². The molecule has 1 amide bonds. The Morgan fingerprint density at radius 2 is 2.15 bits per heavy atom. The van der Waals surface area contributed by atoms with Crippen molar-refractivity contribution in [2.45, 2.75) is 51.4 Å². The first kappa shape index (κ1) is 18.3. The van der Waals surface area contributed by atoms with Crippen LogP contribution in [0.3, 0.4) is 0 Å². The van der Waals surface area contributed by atoms with Gasteiger partial charge in [-0.15, -0.1) is 22.7 Å². The molecule has 1 aliphatic rings. The molecule has 6 nitrogen and oxygen atoms in total. The van der Waals surface area contributed by atoms with E-state index >= 15 is 0 Å². The summed E-state index contributed by atoms with van der Waals surface area (Å²) in [5.74, 6) is 1.27. The lowest BCUT2D eigenvalue weighted by Crippen LogP contribution is -2.25. The summed E-state index contributed by atoms with van der Waals surface area (Å²) < 4.78 is 5.26. The number of carbonyl (C=O) groups is 1. The van der Waals surface area contributed by atoms with Crippen molar-refractivity contribution in [3.8, 4) is 10.7 Å². The number of rotatable bonds is 8. The fourth-order valence-electron chi connectivity index (χ4n) is 3.17. The Bertz CT molecular complexity index is 862. The van der Waals surface area contributed by atoms with E-state index < -0.39 is 0 Å². The van der Waals surface area contributed by atoms with Gasteiger partial charge < -0.3 is 9.84 Å². The predicted octanol–water partition coefficient (Wildman–Crippen LogP) is 3.82. The summed E-state index contributed by atoms with van der Waals surface area (Å²) >= 11 is 3.39. The van der Waals surface area contributed by atoms with E-state index in [0.29, 0.717) is 37.5 Å². The van der Waals surface area contributed by atoms with E-state index in [0.717, 1.165) is 22.7 Å². The van der Waals surface area contributed by atoms with Crippen molar-refractivity contribution in [2.75, 3.05) is 6.54 Å². The Balaban J connectivity index is 1.15. The molecule has 27 heavy (non-hydrogen) atoms. The van der Waals surface area contributed by atoms with Crippen LogP contribution in [-0.2, 0) is 30.5 Å². The van der Waals surface area contributed by atoms with Gasteiger partial charge in [0.2, 0.25) is 17.6 Å². The fourth-order valence-corrected chi connectivity index (χ4v) is 4.98. The normalized spacial score (nSPS) is 13.5. The Morgan fingerprint density at radius 1 is 1.22 bits per heavy atom. The highest BCUT2D eigenvalue weighted by atomic mass is 32.1. The highest BCUT2D eigenvalue weighted by Crippen LogP contribution is 2.26. The van der Waals surface area contributed by atoms with Crippen LogP contribution in [0.25, 0.3) is 10.7 Å². The third kappa shape index (κ3) is 4.81. The first-order valence-corrected chi connectivity index (χ1v) is 11.1. The van der Waals surface area contributed by atoms with Crippen LogP contribution >= 0.6 is 22.7 Å². The summed E-state index contributed by atoms with van der Waals surface area (Å²) in [6.07, 6.45) is 7.41. The SMILES string of the molecule is O=C(CCCc1nc(-c2cccs2)no1)NCCc1nc2c(s1)CCCC2. The first-order valence-electron chi connectivity index (χ1n) is 9.38. The van der Waals surface area contributed by atoms with Gasteiger partial charge in [-0.25, -0.2) is 4.98 Å².